The molecule has 2 aromatic rings. The van der Waals surface area contributed by atoms with E-state index in [9.17, 15) is 14.4 Å². The van der Waals surface area contributed by atoms with Gasteiger partial charge in [-0.1, -0.05) is 29.8 Å². The van der Waals surface area contributed by atoms with Crippen LogP contribution < -0.4 is 10.9 Å². The van der Waals surface area contributed by atoms with Crippen LogP contribution in [-0.4, -0.2) is 21.6 Å². The smallest absolute Gasteiger partial charge is 0.305 e. The number of carboxylic acids is 1. The minimum atomic E-state index is -1.06. The molecule has 0 spiro atoms. The topological polar surface area (TPSA) is 88.4 Å². The zero-order valence-corrected chi connectivity index (χ0v) is 13.1. The summed E-state index contributed by atoms with van der Waals surface area (Å²) in [5, 5.41) is 12.1. The van der Waals surface area contributed by atoms with Gasteiger partial charge in [0.15, 0.2) is 0 Å². The van der Waals surface area contributed by atoms with Crippen molar-refractivity contribution in [3.63, 3.8) is 0 Å². The molecule has 120 valence electrons. The van der Waals surface area contributed by atoms with Crippen molar-refractivity contribution in [2.75, 3.05) is 0 Å². The number of carbonyl (C=O) groups excluding carboxylic acids is 1. The second-order valence-electron chi connectivity index (χ2n) is 5.01. The first-order valence-corrected chi connectivity index (χ1v) is 7.20. The van der Waals surface area contributed by atoms with Crippen LogP contribution in [0.25, 0.3) is 0 Å². The molecule has 2 rings (SSSR count). The molecule has 0 aliphatic heterocycles. The molecule has 7 heteroatoms. The van der Waals surface area contributed by atoms with Crippen molar-refractivity contribution >= 4 is 23.5 Å². The summed E-state index contributed by atoms with van der Waals surface area (Å²) in [7, 11) is 1.53. The SMILES string of the molecule is Cn1cc(C(=O)NC(CC(=O)O)c2ccccc2Cl)ccc1=O. The number of hydrogen-bond donors (Lipinski definition) is 2. The maximum Gasteiger partial charge on any atom is 0.305 e. The lowest BCUT2D eigenvalue weighted by Gasteiger charge is -2.18. The molecule has 1 heterocycles. The third-order valence-corrected chi connectivity index (χ3v) is 3.66. The van der Waals surface area contributed by atoms with Crippen molar-refractivity contribution in [1.82, 2.24) is 9.88 Å². The first kappa shape index (κ1) is 16.8. The van der Waals surface area contributed by atoms with E-state index in [4.69, 9.17) is 16.7 Å². The van der Waals surface area contributed by atoms with Gasteiger partial charge in [-0.15, -0.1) is 0 Å². The van der Waals surface area contributed by atoms with E-state index in [0.717, 1.165) is 0 Å². The van der Waals surface area contributed by atoms with E-state index < -0.39 is 17.9 Å². The van der Waals surface area contributed by atoms with E-state index in [-0.39, 0.29) is 17.5 Å². The lowest BCUT2D eigenvalue weighted by molar-refractivity contribution is -0.137. The van der Waals surface area contributed by atoms with Gasteiger partial charge in [-0.2, -0.15) is 0 Å². The summed E-state index contributed by atoms with van der Waals surface area (Å²) >= 11 is 6.09. The van der Waals surface area contributed by atoms with Crippen LogP contribution in [0.3, 0.4) is 0 Å². The van der Waals surface area contributed by atoms with Crippen molar-refractivity contribution < 1.29 is 14.7 Å². The largest absolute Gasteiger partial charge is 0.481 e. The van der Waals surface area contributed by atoms with Crippen molar-refractivity contribution in [3.8, 4) is 0 Å². The van der Waals surface area contributed by atoms with Crippen LogP contribution in [0, 0.1) is 0 Å². The average Bonchev–Trinajstić information content (AvgIpc) is 2.49. The highest BCUT2D eigenvalue weighted by Crippen LogP contribution is 2.25. The Bertz CT molecular complexity index is 801. The molecule has 1 unspecified atom stereocenters. The van der Waals surface area contributed by atoms with Crippen molar-refractivity contribution in [2.24, 2.45) is 7.05 Å². The summed E-state index contributed by atoms with van der Waals surface area (Å²) in [5.41, 5.74) is 0.541. The minimum absolute atomic E-state index is 0.241. The summed E-state index contributed by atoms with van der Waals surface area (Å²) in [6, 6.07) is 8.62. The Morgan fingerprint density at radius 3 is 2.57 bits per heavy atom. The molecule has 2 N–H and O–H groups in total. The fourth-order valence-corrected chi connectivity index (χ4v) is 2.41. The van der Waals surface area contributed by atoms with Crippen molar-refractivity contribution in [3.05, 3.63) is 69.1 Å². The van der Waals surface area contributed by atoms with Gasteiger partial charge in [-0.05, 0) is 17.7 Å². The zero-order chi connectivity index (χ0) is 17.0. The third kappa shape index (κ3) is 4.20. The molecule has 0 fully saturated rings. The van der Waals surface area contributed by atoms with Gasteiger partial charge in [0.2, 0.25) is 5.56 Å². The predicted molar refractivity (Wildman–Crippen MR) is 85.6 cm³/mol. The van der Waals surface area contributed by atoms with Crippen LogP contribution >= 0.6 is 11.6 Å². The molecule has 6 nitrogen and oxygen atoms in total. The summed E-state index contributed by atoms with van der Waals surface area (Å²) in [6.07, 6.45) is 1.09. The van der Waals surface area contributed by atoms with Gasteiger partial charge in [0.1, 0.15) is 0 Å². The number of pyridine rings is 1. The van der Waals surface area contributed by atoms with Crippen LogP contribution in [0.1, 0.15) is 28.4 Å². The Kier molecular flexibility index (Phi) is 5.18. The van der Waals surface area contributed by atoms with Gasteiger partial charge in [-0.3, -0.25) is 14.4 Å². The minimum Gasteiger partial charge on any atom is -0.481 e. The molecule has 23 heavy (non-hydrogen) atoms. The second kappa shape index (κ2) is 7.11. The monoisotopic (exact) mass is 334 g/mol. The highest BCUT2D eigenvalue weighted by atomic mass is 35.5. The average molecular weight is 335 g/mol. The maximum atomic E-state index is 12.3. The Hall–Kier alpha value is -2.60. The Labute approximate surface area is 137 Å². The fraction of sp³-hybridized carbons (Fsp3) is 0.188. The highest BCUT2D eigenvalue weighted by Gasteiger charge is 2.21. The quantitative estimate of drug-likeness (QED) is 0.875. The van der Waals surface area contributed by atoms with Crippen molar-refractivity contribution in [1.29, 1.82) is 0 Å². The van der Waals surface area contributed by atoms with Crippen LogP contribution in [-0.2, 0) is 11.8 Å². The number of nitrogens with one attached hydrogen (secondary N) is 1. The zero-order valence-electron chi connectivity index (χ0n) is 12.3. The molecule has 0 aliphatic carbocycles. The number of aliphatic carboxylic acids is 1. The van der Waals surface area contributed by atoms with E-state index in [1.807, 2.05) is 0 Å². The van der Waals surface area contributed by atoms with E-state index in [1.54, 1.807) is 24.3 Å². The third-order valence-electron chi connectivity index (χ3n) is 3.31. The number of halogens is 1. The van der Waals surface area contributed by atoms with Crippen LogP contribution in [0.5, 0.6) is 0 Å². The second-order valence-corrected chi connectivity index (χ2v) is 5.42. The van der Waals surface area contributed by atoms with E-state index in [2.05, 4.69) is 5.32 Å². The molecule has 1 amide bonds. The van der Waals surface area contributed by atoms with Gasteiger partial charge in [0, 0.05) is 24.3 Å². The first-order valence-electron chi connectivity index (χ1n) is 6.82. The molecular formula is C16H15ClN2O4. The molecule has 1 atom stereocenters. The van der Waals surface area contributed by atoms with Crippen LogP contribution in [0.15, 0.2) is 47.4 Å². The highest BCUT2D eigenvalue weighted by molar-refractivity contribution is 6.31. The number of nitrogens with zero attached hydrogens (tertiary/aromatic N) is 1. The van der Waals surface area contributed by atoms with Crippen LogP contribution in [0.4, 0.5) is 0 Å². The number of aromatic nitrogens is 1. The fourth-order valence-electron chi connectivity index (χ4n) is 2.14. The standard InChI is InChI=1S/C16H15ClN2O4/c1-19-9-10(6-7-14(19)20)16(23)18-13(8-15(21)22)11-4-2-3-5-12(11)17/h2-7,9,13H,8H2,1H3,(H,18,23)(H,21,22). The van der Waals surface area contributed by atoms with Gasteiger partial charge in [0.05, 0.1) is 18.0 Å². The molecule has 0 radical (unpaired) electrons. The Morgan fingerprint density at radius 2 is 1.96 bits per heavy atom. The predicted octanol–water partition coefficient (Wildman–Crippen LogP) is 1.98. The molecule has 0 saturated carbocycles. The van der Waals surface area contributed by atoms with Crippen LogP contribution in [0.2, 0.25) is 5.02 Å². The number of aryl methyl sites for hydroxylation is 1. The summed E-state index contributed by atoms with van der Waals surface area (Å²) in [4.78, 5) is 34.8. The summed E-state index contributed by atoms with van der Waals surface area (Å²) in [6.45, 7) is 0. The summed E-state index contributed by atoms with van der Waals surface area (Å²) in [5.74, 6) is -1.54. The van der Waals surface area contributed by atoms with Crippen molar-refractivity contribution in [2.45, 2.75) is 12.5 Å². The maximum absolute atomic E-state index is 12.3. The molecule has 0 aliphatic rings. The number of hydrogen-bond acceptors (Lipinski definition) is 3. The number of carbonyl (C=O) groups is 2. The van der Waals surface area contributed by atoms with E-state index in [1.165, 1.54) is 29.9 Å². The number of amides is 1. The van der Waals surface area contributed by atoms with Gasteiger partial charge >= 0.3 is 5.97 Å². The molecule has 0 saturated heterocycles. The molecule has 0 bridgehead atoms. The van der Waals surface area contributed by atoms with Gasteiger partial charge in [-0.25, -0.2) is 0 Å². The van der Waals surface area contributed by atoms with Gasteiger partial charge < -0.3 is 15.0 Å². The van der Waals surface area contributed by atoms with E-state index in [0.29, 0.717) is 10.6 Å². The normalized spacial score (nSPS) is 11.7. The molecular weight excluding hydrogens is 320 g/mol. The molecule has 1 aromatic heterocycles. The first-order chi connectivity index (χ1) is 10.9. The lowest BCUT2D eigenvalue weighted by Crippen LogP contribution is -2.31. The number of carboxylic acid groups (broad SMARTS) is 1. The lowest BCUT2D eigenvalue weighted by atomic mass is 10.0. The Balaban J connectivity index is 2.28. The Morgan fingerprint density at radius 1 is 1.26 bits per heavy atom. The van der Waals surface area contributed by atoms with E-state index >= 15 is 0 Å². The number of benzene rings is 1. The summed E-state index contributed by atoms with van der Waals surface area (Å²) < 4.78 is 1.27. The molecule has 1 aromatic carbocycles. The van der Waals surface area contributed by atoms with Gasteiger partial charge in [0.25, 0.3) is 5.91 Å². The number of rotatable bonds is 5.